The first-order valence-corrected chi connectivity index (χ1v) is 5.61. The van der Waals surface area contributed by atoms with E-state index in [4.69, 9.17) is 5.73 Å². The van der Waals surface area contributed by atoms with Crippen molar-refractivity contribution in [2.45, 2.75) is 25.7 Å². The van der Waals surface area contributed by atoms with E-state index in [2.05, 4.69) is 14.5 Å². The largest absolute Gasteiger partial charge is 0.399 e. The van der Waals surface area contributed by atoms with Crippen molar-refractivity contribution < 1.29 is 0 Å². The normalized spacial score (nSPS) is 14.8. The van der Waals surface area contributed by atoms with Gasteiger partial charge in [-0.2, -0.15) is 0 Å². The molecule has 82 valence electrons. The molecule has 2 aromatic heterocycles. The number of hydrogen-bond donors (Lipinski definition) is 1. The van der Waals surface area contributed by atoms with Gasteiger partial charge in [-0.1, -0.05) is 0 Å². The minimum Gasteiger partial charge on any atom is -0.399 e. The summed E-state index contributed by atoms with van der Waals surface area (Å²) in [5.74, 6) is 0.871. The highest BCUT2D eigenvalue weighted by Crippen LogP contribution is 2.22. The summed E-state index contributed by atoms with van der Waals surface area (Å²) in [6.07, 6.45) is 8.25. The van der Waals surface area contributed by atoms with Crippen LogP contribution in [0.4, 0.5) is 5.69 Å². The van der Waals surface area contributed by atoms with Gasteiger partial charge < -0.3 is 5.73 Å². The van der Waals surface area contributed by atoms with Crippen molar-refractivity contribution in [2.75, 3.05) is 5.73 Å². The first kappa shape index (κ1) is 9.39. The molecule has 1 aliphatic rings. The van der Waals surface area contributed by atoms with E-state index in [0.717, 1.165) is 24.3 Å². The van der Waals surface area contributed by atoms with Gasteiger partial charge in [0, 0.05) is 23.6 Å². The van der Waals surface area contributed by atoms with Crippen LogP contribution in [0.25, 0.3) is 5.82 Å². The van der Waals surface area contributed by atoms with Gasteiger partial charge in [0.25, 0.3) is 0 Å². The summed E-state index contributed by atoms with van der Waals surface area (Å²) < 4.78 is 2.06. The van der Waals surface area contributed by atoms with Crippen LogP contribution in [0, 0.1) is 0 Å². The molecule has 0 aromatic carbocycles. The molecule has 0 saturated heterocycles. The number of nitrogens with zero attached hydrogens (tertiary/aromatic N) is 3. The van der Waals surface area contributed by atoms with Gasteiger partial charge in [0.05, 0.1) is 5.69 Å². The molecule has 1 aliphatic carbocycles. The summed E-state index contributed by atoms with van der Waals surface area (Å²) in [5, 5.41) is 0. The van der Waals surface area contributed by atoms with Crippen molar-refractivity contribution in [1.29, 1.82) is 0 Å². The Labute approximate surface area is 94.1 Å². The Bertz CT molecular complexity index is 515. The molecular formula is C12H14N4. The number of nitrogens with two attached hydrogens (primary N) is 1. The number of fused-ring (bicyclic) bond motifs is 1. The molecule has 0 aliphatic heterocycles. The van der Waals surface area contributed by atoms with E-state index in [1.165, 1.54) is 24.2 Å². The summed E-state index contributed by atoms with van der Waals surface area (Å²) in [6, 6.07) is 3.68. The number of pyridine rings is 1. The fourth-order valence-corrected chi connectivity index (χ4v) is 2.23. The number of rotatable bonds is 1. The third-order valence-corrected chi connectivity index (χ3v) is 3.05. The van der Waals surface area contributed by atoms with Crippen LogP contribution < -0.4 is 5.73 Å². The van der Waals surface area contributed by atoms with E-state index in [9.17, 15) is 0 Å². The molecule has 0 bridgehead atoms. The molecule has 16 heavy (non-hydrogen) atoms. The number of imidazole rings is 1. The van der Waals surface area contributed by atoms with Gasteiger partial charge in [-0.3, -0.25) is 4.57 Å². The maximum Gasteiger partial charge on any atom is 0.140 e. The lowest BCUT2D eigenvalue weighted by Gasteiger charge is -2.13. The average molecular weight is 214 g/mol. The number of aromatic nitrogens is 3. The van der Waals surface area contributed by atoms with Crippen molar-refractivity contribution >= 4 is 5.69 Å². The first-order valence-electron chi connectivity index (χ1n) is 5.61. The van der Waals surface area contributed by atoms with Crippen LogP contribution >= 0.6 is 0 Å². The maximum atomic E-state index is 5.77. The van der Waals surface area contributed by atoms with Crippen LogP contribution in [0.5, 0.6) is 0 Å². The molecule has 0 saturated carbocycles. The first-order chi connectivity index (χ1) is 7.84. The second-order valence-corrected chi connectivity index (χ2v) is 4.16. The number of aryl methyl sites for hydroxylation is 1. The zero-order valence-corrected chi connectivity index (χ0v) is 9.06. The van der Waals surface area contributed by atoms with E-state index >= 15 is 0 Å². The van der Waals surface area contributed by atoms with Gasteiger partial charge in [-0.15, -0.1) is 0 Å². The molecule has 0 spiro atoms. The van der Waals surface area contributed by atoms with Crippen molar-refractivity contribution in [3.05, 3.63) is 36.0 Å². The van der Waals surface area contributed by atoms with Crippen molar-refractivity contribution in [3.8, 4) is 5.82 Å². The monoisotopic (exact) mass is 214 g/mol. The predicted molar refractivity (Wildman–Crippen MR) is 62.4 cm³/mol. The molecule has 0 amide bonds. The quantitative estimate of drug-likeness (QED) is 0.786. The van der Waals surface area contributed by atoms with Crippen LogP contribution in [0.1, 0.15) is 24.2 Å². The minimum atomic E-state index is 0.739. The lowest BCUT2D eigenvalue weighted by atomic mass is 10.0. The Morgan fingerprint density at radius 2 is 2.06 bits per heavy atom. The average Bonchev–Trinajstić information content (AvgIpc) is 2.72. The predicted octanol–water partition coefficient (Wildman–Crippen LogP) is 1.73. The summed E-state index contributed by atoms with van der Waals surface area (Å²) >= 11 is 0. The molecule has 0 unspecified atom stereocenters. The van der Waals surface area contributed by atoms with Crippen molar-refractivity contribution in [3.63, 3.8) is 0 Å². The van der Waals surface area contributed by atoms with Gasteiger partial charge in [-0.25, -0.2) is 9.97 Å². The highest BCUT2D eigenvalue weighted by Gasteiger charge is 2.16. The van der Waals surface area contributed by atoms with Crippen LogP contribution in [-0.4, -0.2) is 14.5 Å². The number of nitrogen functional groups attached to an aromatic ring is 1. The van der Waals surface area contributed by atoms with Crippen LogP contribution in [0.3, 0.4) is 0 Å². The number of anilines is 1. The smallest absolute Gasteiger partial charge is 0.140 e. The standard InChI is InChI=1S/C12H14N4/c13-9-5-6-14-12(7-9)16-8-15-10-3-1-2-4-11(10)16/h5-8H,1-4H2,(H2,13,14). The van der Waals surface area contributed by atoms with E-state index in [-0.39, 0.29) is 0 Å². The van der Waals surface area contributed by atoms with Gasteiger partial charge in [0.15, 0.2) is 0 Å². The van der Waals surface area contributed by atoms with Gasteiger partial charge >= 0.3 is 0 Å². The molecule has 0 atom stereocenters. The summed E-state index contributed by atoms with van der Waals surface area (Å²) in [5.41, 5.74) is 9.02. The highest BCUT2D eigenvalue weighted by atomic mass is 15.1. The van der Waals surface area contributed by atoms with Crippen molar-refractivity contribution in [1.82, 2.24) is 14.5 Å². The highest BCUT2D eigenvalue weighted by molar-refractivity contribution is 5.44. The van der Waals surface area contributed by atoms with Crippen LogP contribution in [0.15, 0.2) is 24.7 Å². The molecule has 2 aromatic rings. The second kappa shape index (κ2) is 3.63. The fraction of sp³-hybridized carbons (Fsp3) is 0.333. The molecule has 2 heterocycles. The SMILES string of the molecule is Nc1ccnc(-n2cnc3c2CCCC3)c1. The van der Waals surface area contributed by atoms with E-state index in [1.54, 1.807) is 12.3 Å². The van der Waals surface area contributed by atoms with Crippen molar-refractivity contribution in [2.24, 2.45) is 0 Å². The lowest BCUT2D eigenvalue weighted by Crippen LogP contribution is -2.08. The van der Waals surface area contributed by atoms with Gasteiger partial charge in [0.2, 0.25) is 0 Å². The van der Waals surface area contributed by atoms with E-state index < -0.39 is 0 Å². The van der Waals surface area contributed by atoms with Gasteiger partial charge in [-0.05, 0) is 31.7 Å². The Morgan fingerprint density at radius 3 is 2.94 bits per heavy atom. The maximum absolute atomic E-state index is 5.77. The third-order valence-electron chi connectivity index (χ3n) is 3.05. The molecule has 0 radical (unpaired) electrons. The van der Waals surface area contributed by atoms with E-state index in [1.807, 2.05) is 12.4 Å². The molecular weight excluding hydrogens is 200 g/mol. The Kier molecular flexibility index (Phi) is 2.13. The Morgan fingerprint density at radius 1 is 1.19 bits per heavy atom. The minimum absolute atomic E-state index is 0.739. The summed E-state index contributed by atoms with van der Waals surface area (Å²) in [7, 11) is 0. The lowest BCUT2D eigenvalue weighted by molar-refractivity contribution is 0.654. The molecule has 0 fully saturated rings. The number of hydrogen-bond acceptors (Lipinski definition) is 3. The zero-order valence-electron chi connectivity index (χ0n) is 9.06. The third kappa shape index (κ3) is 1.46. The molecule has 4 nitrogen and oxygen atoms in total. The summed E-state index contributed by atoms with van der Waals surface area (Å²) in [4.78, 5) is 8.78. The Hall–Kier alpha value is -1.84. The molecule has 3 rings (SSSR count). The van der Waals surface area contributed by atoms with Crippen LogP contribution in [0.2, 0.25) is 0 Å². The Balaban J connectivity index is 2.09. The summed E-state index contributed by atoms with van der Waals surface area (Å²) in [6.45, 7) is 0. The fourth-order valence-electron chi connectivity index (χ4n) is 2.23. The van der Waals surface area contributed by atoms with Gasteiger partial charge in [0.1, 0.15) is 12.1 Å². The topological polar surface area (TPSA) is 56.7 Å². The zero-order chi connectivity index (χ0) is 11.0. The molecule has 4 heteroatoms. The second-order valence-electron chi connectivity index (χ2n) is 4.16. The van der Waals surface area contributed by atoms with E-state index in [0.29, 0.717) is 0 Å². The van der Waals surface area contributed by atoms with Crippen LogP contribution in [-0.2, 0) is 12.8 Å². The molecule has 2 N–H and O–H groups in total.